The molecule has 5 nitrogen and oxygen atoms in total. The highest BCUT2D eigenvalue weighted by atomic mass is 16.6. The summed E-state index contributed by atoms with van der Waals surface area (Å²) >= 11 is 0. The van der Waals surface area contributed by atoms with Crippen molar-refractivity contribution in [3.63, 3.8) is 0 Å². The normalized spacial score (nSPS) is 12.2. The molecule has 0 spiro atoms. The number of rotatable bonds is 58. The average molecular weight is 958 g/mol. The zero-order valence-corrected chi connectivity index (χ0v) is 46.4. The Morgan fingerprint density at radius 3 is 1.00 bits per heavy atom. The molecular formula is C63H120O5. The predicted molar refractivity (Wildman–Crippen MR) is 298 cm³/mol. The highest BCUT2D eigenvalue weighted by Gasteiger charge is 2.18. The van der Waals surface area contributed by atoms with Crippen LogP contribution in [0.25, 0.3) is 0 Å². The van der Waals surface area contributed by atoms with Crippen LogP contribution >= 0.6 is 0 Å². The number of carbonyl (C=O) groups excluding carboxylic acids is 2. The van der Waals surface area contributed by atoms with Crippen molar-refractivity contribution in [2.75, 3.05) is 19.8 Å². The van der Waals surface area contributed by atoms with E-state index in [0.29, 0.717) is 26.1 Å². The van der Waals surface area contributed by atoms with Gasteiger partial charge in [0.2, 0.25) is 0 Å². The molecular weight excluding hydrogens is 837 g/mol. The van der Waals surface area contributed by atoms with E-state index in [1.54, 1.807) is 0 Å². The van der Waals surface area contributed by atoms with E-state index >= 15 is 0 Å². The van der Waals surface area contributed by atoms with Crippen molar-refractivity contribution in [1.29, 1.82) is 0 Å². The first-order valence-electron chi connectivity index (χ1n) is 30.9. The maximum Gasteiger partial charge on any atom is 0.306 e. The summed E-state index contributed by atoms with van der Waals surface area (Å²) in [6.45, 7) is 7.89. The molecule has 0 bridgehead atoms. The van der Waals surface area contributed by atoms with E-state index in [1.807, 2.05) is 0 Å². The number of unbranched alkanes of at least 4 members (excludes halogenated alkanes) is 43. The lowest BCUT2D eigenvalue weighted by Crippen LogP contribution is -2.30. The molecule has 1 atom stereocenters. The Hall–Kier alpha value is -1.62. The Kier molecular flexibility index (Phi) is 58.3. The van der Waals surface area contributed by atoms with Crippen LogP contribution in [0.1, 0.15) is 342 Å². The van der Waals surface area contributed by atoms with Crippen molar-refractivity contribution in [3.05, 3.63) is 24.3 Å². The average Bonchev–Trinajstić information content (AvgIpc) is 3.34. The molecule has 0 aliphatic rings. The standard InChI is InChI=1S/C63H120O5/c1-4-7-10-13-16-19-22-25-28-31-32-34-36-39-42-45-48-51-54-57-63(65)68-61(59-66-58-55-52-49-46-43-40-37-30-27-24-21-18-15-12-9-6-3)60-67-62(64)56-53-50-47-44-41-38-35-33-29-26-23-20-17-14-11-8-5-2/h16,19,25,28,61H,4-15,17-18,20-24,26-27,29-60H2,1-3H3/b19-16-,28-25-/t61-/m1/s1. The van der Waals surface area contributed by atoms with Crippen LogP contribution in [0, 0.1) is 0 Å². The molecule has 0 fully saturated rings. The van der Waals surface area contributed by atoms with E-state index in [4.69, 9.17) is 14.2 Å². The number of ether oxygens (including phenoxy) is 3. The van der Waals surface area contributed by atoms with Gasteiger partial charge < -0.3 is 14.2 Å². The quantitative estimate of drug-likeness (QED) is 0.0345. The first-order chi connectivity index (χ1) is 33.6. The van der Waals surface area contributed by atoms with Gasteiger partial charge in [0.25, 0.3) is 0 Å². The fourth-order valence-electron chi connectivity index (χ4n) is 9.37. The summed E-state index contributed by atoms with van der Waals surface area (Å²) in [4.78, 5) is 25.6. The Balaban J connectivity index is 4.22. The minimum atomic E-state index is -0.532. The number of esters is 2. The van der Waals surface area contributed by atoms with Gasteiger partial charge in [-0.1, -0.05) is 302 Å². The first-order valence-corrected chi connectivity index (χ1v) is 30.9. The van der Waals surface area contributed by atoms with E-state index < -0.39 is 6.10 Å². The Bertz CT molecular complexity index is 1040. The van der Waals surface area contributed by atoms with Crippen molar-refractivity contribution in [2.24, 2.45) is 0 Å². The van der Waals surface area contributed by atoms with Crippen molar-refractivity contribution in [1.82, 2.24) is 0 Å². The van der Waals surface area contributed by atoms with Crippen LogP contribution in [-0.2, 0) is 23.8 Å². The molecule has 0 heterocycles. The Morgan fingerprint density at radius 1 is 0.324 bits per heavy atom. The molecule has 0 saturated heterocycles. The minimum absolute atomic E-state index is 0.0926. The van der Waals surface area contributed by atoms with Crippen molar-refractivity contribution in [2.45, 2.75) is 348 Å². The van der Waals surface area contributed by atoms with Crippen molar-refractivity contribution < 1.29 is 23.8 Å². The van der Waals surface area contributed by atoms with Crippen LogP contribution < -0.4 is 0 Å². The van der Waals surface area contributed by atoms with Gasteiger partial charge in [-0.25, -0.2) is 0 Å². The molecule has 0 rings (SSSR count). The summed E-state index contributed by atoms with van der Waals surface area (Å²) in [5.41, 5.74) is 0. The molecule has 0 aromatic heterocycles. The van der Waals surface area contributed by atoms with Gasteiger partial charge in [-0.3, -0.25) is 9.59 Å². The predicted octanol–water partition coefficient (Wildman–Crippen LogP) is 21.1. The maximum absolute atomic E-state index is 12.9. The molecule has 0 aliphatic carbocycles. The zero-order chi connectivity index (χ0) is 49.2. The molecule has 0 aromatic rings. The smallest absolute Gasteiger partial charge is 0.306 e. The van der Waals surface area contributed by atoms with Gasteiger partial charge in [0.1, 0.15) is 6.61 Å². The molecule has 68 heavy (non-hydrogen) atoms. The van der Waals surface area contributed by atoms with Gasteiger partial charge in [0.05, 0.1) is 6.61 Å². The monoisotopic (exact) mass is 957 g/mol. The Labute approximate surface area is 426 Å². The SMILES string of the molecule is CCCCC/C=C\C/C=C\CCCCCCCCCCCC(=O)O[C@H](COCCCCCCCCCCCCCCCCCC)COC(=O)CCCCCCCCCCCCCCCCCCC. The summed E-state index contributed by atoms with van der Waals surface area (Å²) < 4.78 is 17.5. The second-order valence-electron chi connectivity index (χ2n) is 21.0. The van der Waals surface area contributed by atoms with Crippen LogP contribution in [0.15, 0.2) is 24.3 Å². The van der Waals surface area contributed by atoms with E-state index in [9.17, 15) is 9.59 Å². The summed E-state index contributed by atoms with van der Waals surface area (Å²) in [5, 5.41) is 0. The highest BCUT2D eigenvalue weighted by Crippen LogP contribution is 2.17. The Morgan fingerprint density at radius 2 is 0.618 bits per heavy atom. The van der Waals surface area contributed by atoms with E-state index in [2.05, 4.69) is 45.1 Å². The third-order valence-corrected chi connectivity index (χ3v) is 14.0. The van der Waals surface area contributed by atoms with Gasteiger partial charge in [-0.15, -0.1) is 0 Å². The van der Waals surface area contributed by atoms with Gasteiger partial charge >= 0.3 is 11.9 Å². The second kappa shape index (κ2) is 59.7. The number of carbonyl (C=O) groups is 2. The number of allylic oxidation sites excluding steroid dienone is 4. The highest BCUT2D eigenvalue weighted by molar-refractivity contribution is 5.70. The molecule has 0 aliphatic heterocycles. The van der Waals surface area contributed by atoms with E-state index in [1.165, 1.54) is 270 Å². The summed E-state index contributed by atoms with van der Waals surface area (Å²) in [6, 6.07) is 0. The fourth-order valence-corrected chi connectivity index (χ4v) is 9.37. The first kappa shape index (κ1) is 66.4. The molecule has 402 valence electrons. The zero-order valence-electron chi connectivity index (χ0n) is 46.4. The van der Waals surface area contributed by atoms with Gasteiger partial charge in [0, 0.05) is 19.4 Å². The summed E-state index contributed by atoms with van der Waals surface area (Å²) in [5.74, 6) is -0.375. The lowest BCUT2D eigenvalue weighted by Gasteiger charge is -2.18. The third-order valence-electron chi connectivity index (χ3n) is 14.0. The fraction of sp³-hybridized carbons (Fsp3) is 0.905. The molecule has 0 amide bonds. The lowest BCUT2D eigenvalue weighted by molar-refractivity contribution is -0.163. The minimum Gasteiger partial charge on any atom is -0.462 e. The third kappa shape index (κ3) is 57.0. The van der Waals surface area contributed by atoms with Crippen LogP contribution in [0.3, 0.4) is 0 Å². The maximum atomic E-state index is 12.9. The largest absolute Gasteiger partial charge is 0.462 e. The van der Waals surface area contributed by atoms with Crippen LogP contribution in [0.5, 0.6) is 0 Å². The molecule has 0 radical (unpaired) electrons. The molecule has 0 N–H and O–H groups in total. The van der Waals surface area contributed by atoms with Gasteiger partial charge in [-0.2, -0.15) is 0 Å². The van der Waals surface area contributed by atoms with Crippen LogP contribution in [0.4, 0.5) is 0 Å². The van der Waals surface area contributed by atoms with E-state index in [-0.39, 0.29) is 18.5 Å². The van der Waals surface area contributed by atoms with Gasteiger partial charge in [0.15, 0.2) is 6.10 Å². The van der Waals surface area contributed by atoms with Crippen molar-refractivity contribution >= 4 is 11.9 Å². The molecule has 5 heteroatoms. The number of hydrogen-bond donors (Lipinski definition) is 0. The summed E-state index contributed by atoms with van der Waals surface area (Å²) in [6.07, 6.45) is 72.0. The second-order valence-corrected chi connectivity index (χ2v) is 21.0. The van der Waals surface area contributed by atoms with Gasteiger partial charge in [-0.05, 0) is 51.4 Å². The topological polar surface area (TPSA) is 61.8 Å². The van der Waals surface area contributed by atoms with E-state index in [0.717, 1.165) is 38.5 Å². The molecule has 0 unspecified atom stereocenters. The summed E-state index contributed by atoms with van der Waals surface area (Å²) in [7, 11) is 0. The molecule has 0 saturated carbocycles. The van der Waals surface area contributed by atoms with Crippen molar-refractivity contribution in [3.8, 4) is 0 Å². The van der Waals surface area contributed by atoms with Crippen LogP contribution in [-0.4, -0.2) is 37.9 Å². The molecule has 0 aromatic carbocycles. The lowest BCUT2D eigenvalue weighted by atomic mass is 10.0. The van der Waals surface area contributed by atoms with Crippen LogP contribution in [0.2, 0.25) is 0 Å². The number of hydrogen-bond acceptors (Lipinski definition) is 5.